The molecule has 0 spiro atoms. The van der Waals surface area contributed by atoms with Crippen LogP contribution in [0.1, 0.15) is 65.2 Å². The zero-order valence-corrected chi connectivity index (χ0v) is 12.7. The lowest BCUT2D eigenvalue weighted by atomic mass is 9.96. The Balaban J connectivity index is 2.04. The summed E-state index contributed by atoms with van der Waals surface area (Å²) < 4.78 is 5.74. The zero-order valence-electron chi connectivity index (χ0n) is 11.1. The molecule has 0 radical (unpaired) electrons. The van der Waals surface area contributed by atoms with Gasteiger partial charge >= 0.3 is 0 Å². The Morgan fingerprint density at radius 2 is 2.00 bits per heavy atom. The van der Waals surface area contributed by atoms with Crippen molar-refractivity contribution in [3.8, 4) is 0 Å². The number of epoxide rings is 1. The molecule has 0 aromatic heterocycles. The van der Waals surface area contributed by atoms with Gasteiger partial charge in [0.1, 0.15) is 5.78 Å². The van der Waals surface area contributed by atoms with Gasteiger partial charge in [-0.25, -0.2) is 0 Å². The highest BCUT2D eigenvalue weighted by Crippen LogP contribution is 2.43. The minimum absolute atomic E-state index is 0.0822. The third-order valence-electron chi connectivity index (χ3n) is 3.65. The summed E-state index contributed by atoms with van der Waals surface area (Å²) >= 11 is 3.19. The highest BCUT2D eigenvalue weighted by molar-refractivity contribution is 9.09. The number of unbranched alkanes of at least 4 members (excludes halogenated alkanes) is 4. The molecule has 17 heavy (non-hydrogen) atoms. The van der Waals surface area contributed by atoms with Crippen LogP contribution in [0.4, 0.5) is 0 Å². The Bertz CT molecular complexity index is 242. The predicted molar refractivity (Wildman–Crippen MR) is 74.7 cm³/mol. The molecule has 0 saturated carbocycles. The quantitative estimate of drug-likeness (QED) is 0.343. The molecule has 2 unspecified atom stereocenters. The molecule has 1 rings (SSSR count). The van der Waals surface area contributed by atoms with Gasteiger partial charge in [0.2, 0.25) is 0 Å². The molecule has 1 aliphatic heterocycles. The van der Waals surface area contributed by atoms with Gasteiger partial charge in [-0.3, -0.25) is 4.79 Å². The third-order valence-corrected chi connectivity index (χ3v) is 4.27. The molecule has 0 N–H and O–H groups in total. The van der Waals surface area contributed by atoms with Crippen LogP contribution in [0.3, 0.4) is 0 Å². The molecule has 1 fully saturated rings. The molecule has 0 aromatic rings. The molecule has 0 bridgehead atoms. The zero-order chi connectivity index (χ0) is 12.7. The van der Waals surface area contributed by atoms with Gasteiger partial charge in [-0.05, 0) is 19.8 Å². The van der Waals surface area contributed by atoms with E-state index in [0.717, 1.165) is 12.8 Å². The van der Waals surface area contributed by atoms with Crippen LogP contribution in [0.25, 0.3) is 0 Å². The van der Waals surface area contributed by atoms with Crippen molar-refractivity contribution in [1.82, 2.24) is 0 Å². The van der Waals surface area contributed by atoms with Crippen LogP contribution < -0.4 is 0 Å². The van der Waals surface area contributed by atoms with E-state index < -0.39 is 0 Å². The number of alkyl halides is 1. The van der Waals surface area contributed by atoms with E-state index in [-0.39, 0.29) is 11.4 Å². The van der Waals surface area contributed by atoms with Gasteiger partial charge in [0.05, 0.1) is 17.0 Å². The number of rotatable bonds is 10. The molecule has 100 valence electrons. The second-order valence-electron chi connectivity index (χ2n) is 5.29. The minimum Gasteiger partial charge on any atom is -0.366 e. The normalized spacial score (nSPS) is 27.1. The first-order valence-electron chi connectivity index (χ1n) is 6.88. The van der Waals surface area contributed by atoms with Crippen LogP contribution in [-0.4, -0.2) is 22.8 Å². The molecule has 1 heterocycles. The van der Waals surface area contributed by atoms with Crippen molar-refractivity contribution in [2.75, 3.05) is 5.33 Å². The summed E-state index contributed by atoms with van der Waals surface area (Å²) in [7, 11) is 0. The topological polar surface area (TPSA) is 29.6 Å². The van der Waals surface area contributed by atoms with Gasteiger partial charge in [0.15, 0.2) is 0 Å². The number of Topliss-reactive ketones (excluding diaryl/α,β-unsaturated/α-hetero) is 1. The Labute approximate surface area is 114 Å². The SMILES string of the molecule is CCCCCCCC1(C)OC1CCC(=O)CBr. The maximum absolute atomic E-state index is 11.2. The van der Waals surface area contributed by atoms with E-state index in [4.69, 9.17) is 4.74 Å². The summed E-state index contributed by atoms with van der Waals surface area (Å²) in [6.07, 6.45) is 9.61. The van der Waals surface area contributed by atoms with E-state index in [1.807, 2.05) is 0 Å². The molecular formula is C14H25BrO2. The molecule has 2 atom stereocenters. The monoisotopic (exact) mass is 304 g/mol. The fourth-order valence-electron chi connectivity index (χ4n) is 2.31. The van der Waals surface area contributed by atoms with Crippen molar-refractivity contribution in [3.05, 3.63) is 0 Å². The first kappa shape index (κ1) is 15.2. The summed E-state index contributed by atoms with van der Waals surface area (Å²) in [6, 6.07) is 0. The van der Waals surface area contributed by atoms with Crippen LogP contribution in [0.2, 0.25) is 0 Å². The number of ether oxygens (including phenoxy) is 1. The van der Waals surface area contributed by atoms with E-state index in [2.05, 4.69) is 29.8 Å². The standard InChI is InChI=1S/C14H25BrO2/c1-3-4-5-6-7-10-14(2)13(17-14)9-8-12(16)11-15/h13H,3-11H2,1-2H3. The third kappa shape index (κ3) is 5.52. The molecule has 2 nitrogen and oxygen atoms in total. The Morgan fingerprint density at radius 1 is 1.29 bits per heavy atom. The highest BCUT2D eigenvalue weighted by Gasteiger charge is 2.50. The number of halogens is 1. The van der Waals surface area contributed by atoms with Gasteiger partial charge < -0.3 is 4.74 Å². The molecule has 0 amide bonds. The maximum Gasteiger partial charge on any atom is 0.143 e. The lowest BCUT2D eigenvalue weighted by Crippen LogP contribution is -2.11. The van der Waals surface area contributed by atoms with E-state index in [0.29, 0.717) is 17.9 Å². The van der Waals surface area contributed by atoms with E-state index in [1.54, 1.807) is 0 Å². The van der Waals surface area contributed by atoms with Crippen molar-refractivity contribution in [3.63, 3.8) is 0 Å². The fourth-order valence-corrected chi connectivity index (χ4v) is 2.59. The van der Waals surface area contributed by atoms with Crippen LogP contribution >= 0.6 is 15.9 Å². The van der Waals surface area contributed by atoms with E-state index >= 15 is 0 Å². The molecule has 3 heteroatoms. The Morgan fingerprint density at radius 3 is 2.65 bits per heavy atom. The highest BCUT2D eigenvalue weighted by atomic mass is 79.9. The van der Waals surface area contributed by atoms with E-state index in [1.165, 1.54) is 32.1 Å². The average molecular weight is 305 g/mol. The number of ketones is 1. The second kappa shape index (κ2) is 7.52. The van der Waals surface area contributed by atoms with Crippen molar-refractivity contribution in [2.24, 2.45) is 0 Å². The number of hydrogen-bond donors (Lipinski definition) is 0. The molecule has 1 saturated heterocycles. The lowest BCUT2D eigenvalue weighted by molar-refractivity contribution is -0.116. The summed E-state index contributed by atoms with van der Waals surface area (Å²) in [6.45, 7) is 4.43. The van der Waals surface area contributed by atoms with Gasteiger partial charge in [0, 0.05) is 6.42 Å². The number of carbonyl (C=O) groups is 1. The van der Waals surface area contributed by atoms with Crippen LogP contribution in [0.5, 0.6) is 0 Å². The largest absolute Gasteiger partial charge is 0.366 e. The second-order valence-corrected chi connectivity index (χ2v) is 5.86. The van der Waals surface area contributed by atoms with Crippen molar-refractivity contribution < 1.29 is 9.53 Å². The Kier molecular flexibility index (Phi) is 6.71. The summed E-state index contributed by atoms with van der Waals surface area (Å²) in [5.41, 5.74) is 0.0822. The Hall–Kier alpha value is 0.110. The summed E-state index contributed by atoms with van der Waals surface area (Å²) in [5, 5.41) is 0.480. The number of hydrogen-bond acceptors (Lipinski definition) is 2. The average Bonchev–Trinajstić information content (AvgIpc) is 2.97. The molecular weight excluding hydrogens is 280 g/mol. The van der Waals surface area contributed by atoms with Crippen molar-refractivity contribution in [1.29, 1.82) is 0 Å². The van der Waals surface area contributed by atoms with Gasteiger partial charge in [-0.15, -0.1) is 0 Å². The molecule has 0 aliphatic carbocycles. The predicted octanol–water partition coefficient (Wildman–Crippen LogP) is 4.25. The molecule has 0 aromatic carbocycles. The lowest BCUT2D eigenvalue weighted by Gasteiger charge is -2.06. The summed E-state index contributed by atoms with van der Waals surface area (Å²) in [5.74, 6) is 0.283. The van der Waals surface area contributed by atoms with E-state index in [9.17, 15) is 4.79 Å². The first-order valence-corrected chi connectivity index (χ1v) is 8.00. The van der Waals surface area contributed by atoms with Crippen molar-refractivity contribution >= 4 is 21.7 Å². The minimum atomic E-state index is 0.0822. The van der Waals surface area contributed by atoms with Gasteiger partial charge in [-0.2, -0.15) is 0 Å². The number of carbonyl (C=O) groups excluding carboxylic acids is 1. The maximum atomic E-state index is 11.2. The fraction of sp³-hybridized carbons (Fsp3) is 0.929. The smallest absolute Gasteiger partial charge is 0.143 e. The van der Waals surface area contributed by atoms with Crippen LogP contribution in [-0.2, 0) is 9.53 Å². The van der Waals surface area contributed by atoms with Crippen LogP contribution in [0, 0.1) is 0 Å². The van der Waals surface area contributed by atoms with Crippen molar-refractivity contribution in [2.45, 2.75) is 76.9 Å². The first-order chi connectivity index (χ1) is 8.12. The molecule has 1 aliphatic rings. The van der Waals surface area contributed by atoms with Gasteiger partial charge in [0.25, 0.3) is 0 Å². The summed E-state index contributed by atoms with van der Waals surface area (Å²) in [4.78, 5) is 11.2. The van der Waals surface area contributed by atoms with Gasteiger partial charge in [-0.1, -0.05) is 55.0 Å². The van der Waals surface area contributed by atoms with Crippen LogP contribution in [0.15, 0.2) is 0 Å².